The van der Waals surface area contributed by atoms with Gasteiger partial charge in [-0.3, -0.25) is 9.98 Å². The summed E-state index contributed by atoms with van der Waals surface area (Å²) in [4.78, 5) is 9.97. The third-order valence-corrected chi connectivity index (χ3v) is 7.40. The summed E-state index contributed by atoms with van der Waals surface area (Å²) in [5.74, 6) is 2.87. The van der Waals surface area contributed by atoms with E-state index in [0.29, 0.717) is 23.7 Å². The lowest BCUT2D eigenvalue weighted by atomic mass is 9.75. The van der Waals surface area contributed by atoms with E-state index in [2.05, 4.69) is 70.5 Å². The third-order valence-electron chi connectivity index (χ3n) is 7.40. The predicted octanol–water partition coefficient (Wildman–Crippen LogP) is 8.44. The van der Waals surface area contributed by atoms with Crippen LogP contribution in [-0.2, 0) is 0 Å². The van der Waals surface area contributed by atoms with Gasteiger partial charge >= 0.3 is 0 Å². The van der Waals surface area contributed by atoms with Crippen LogP contribution in [0.3, 0.4) is 0 Å². The van der Waals surface area contributed by atoms with E-state index in [-0.39, 0.29) is 0 Å². The first-order valence-electron chi connectivity index (χ1n) is 12.2. The van der Waals surface area contributed by atoms with E-state index in [1.165, 1.54) is 42.4 Å². The summed E-state index contributed by atoms with van der Waals surface area (Å²) in [6, 6.07) is 4.79. The minimum Gasteiger partial charge on any atom is -0.259 e. The number of fused-ring (bicyclic) bond motifs is 3. The highest BCUT2D eigenvalue weighted by Crippen LogP contribution is 2.50. The summed E-state index contributed by atoms with van der Waals surface area (Å²) >= 11 is 0. The molecule has 4 unspecified atom stereocenters. The maximum absolute atomic E-state index is 5.03. The SMILES string of the molecule is CCCCC(CC)C1CC=Nc2c1ccc1c2N=C[C@H](C)CC1C1=CCC(C)C=C1. The van der Waals surface area contributed by atoms with Gasteiger partial charge in [0.2, 0.25) is 0 Å². The van der Waals surface area contributed by atoms with Crippen molar-refractivity contribution < 1.29 is 0 Å². The first-order valence-corrected chi connectivity index (χ1v) is 12.2. The highest BCUT2D eigenvalue weighted by atomic mass is 14.8. The Morgan fingerprint density at radius 1 is 1.00 bits per heavy atom. The molecule has 4 rings (SSSR count). The molecule has 0 saturated carbocycles. The Labute approximate surface area is 183 Å². The quantitative estimate of drug-likeness (QED) is 0.456. The fraction of sp³-hybridized carbons (Fsp3) is 0.571. The fourth-order valence-corrected chi connectivity index (χ4v) is 5.53. The zero-order valence-electron chi connectivity index (χ0n) is 19.3. The number of nitrogens with zero attached hydrogens (tertiary/aromatic N) is 2. The molecule has 0 N–H and O–H groups in total. The van der Waals surface area contributed by atoms with Gasteiger partial charge in [-0.15, -0.1) is 0 Å². The van der Waals surface area contributed by atoms with E-state index < -0.39 is 0 Å². The van der Waals surface area contributed by atoms with Gasteiger partial charge in [0.1, 0.15) is 0 Å². The molecule has 0 bridgehead atoms. The summed E-state index contributed by atoms with van der Waals surface area (Å²) in [5.41, 5.74) is 6.58. The number of unbranched alkanes of at least 4 members (excludes halogenated alkanes) is 1. The Kier molecular flexibility index (Phi) is 6.71. The Morgan fingerprint density at radius 2 is 1.80 bits per heavy atom. The van der Waals surface area contributed by atoms with Crippen LogP contribution in [0.25, 0.3) is 0 Å². The van der Waals surface area contributed by atoms with Crippen LogP contribution < -0.4 is 0 Å². The summed E-state index contributed by atoms with van der Waals surface area (Å²) in [6.45, 7) is 9.25. The number of hydrogen-bond acceptors (Lipinski definition) is 2. The normalized spacial score (nSPS) is 28.5. The van der Waals surface area contributed by atoms with E-state index in [1.54, 1.807) is 0 Å². The van der Waals surface area contributed by atoms with Crippen molar-refractivity contribution in [1.29, 1.82) is 0 Å². The van der Waals surface area contributed by atoms with Gasteiger partial charge in [0, 0.05) is 18.3 Å². The van der Waals surface area contributed by atoms with Crippen molar-refractivity contribution in [2.75, 3.05) is 0 Å². The van der Waals surface area contributed by atoms with Crippen LogP contribution in [0.1, 0.15) is 95.6 Å². The van der Waals surface area contributed by atoms with Crippen LogP contribution in [0.5, 0.6) is 0 Å². The van der Waals surface area contributed by atoms with Gasteiger partial charge in [-0.1, -0.05) is 77.3 Å². The molecule has 0 fully saturated rings. The van der Waals surface area contributed by atoms with Crippen LogP contribution in [0.15, 0.2) is 45.9 Å². The molecule has 1 aromatic rings. The molecule has 0 saturated heterocycles. The average molecular weight is 403 g/mol. The van der Waals surface area contributed by atoms with Gasteiger partial charge in [0.05, 0.1) is 11.4 Å². The summed E-state index contributed by atoms with van der Waals surface area (Å²) in [5, 5.41) is 0. The summed E-state index contributed by atoms with van der Waals surface area (Å²) in [6.07, 6.45) is 20.0. The van der Waals surface area contributed by atoms with Crippen molar-refractivity contribution in [2.45, 2.75) is 84.5 Å². The molecular weight excluding hydrogens is 364 g/mol. The molecule has 0 spiro atoms. The molecule has 0 amide bonds. The average Bonchev–Trinajstić information content (AvgIpc) is 2.94. The second kappa shape index (κ2) is 9.45. The van der Waals surface area contributed by atoms with E-state index in [0.717, 1.165) is 36.6 Å². The van der Waals surface area contributed by atoms with Gasteiger partial charge in [-0.05, 0) is 66.1 Å². The number of hydrogen-bond donors (Lipinski definition) is 0. The van der Waals surface area contributed by atoms with Crippen molar-refractivity contribution >= 4 is 23.8 Å². The van der Waals surface area contributed by atoms with Crippen molar-refractivity contribution in [1.82, 2.24) is 0 Å². The smallest absolute Gasteiger partial charge is 0.0923 e. The minimum atomic E-state index is 0.421. The Balaban J connectivity index is 1.75. The summed E-state index contributed by atoms with van der Waals surface area (Å²) in [7, 11) is 0. The molecule has 30 heavy (non-hydrogen) atoms. The molecule has 2 nitrogen and oxygen atoms in total. The second-order valence-corrected chi connectivity index (χ2v) is 9.73. The lowest BCUT2D eigenvalue weighted by molar-refractivity contribution is 0.377. The first kappa shape index (κ1) is 21.3. The van der Waals surface area contributed by atoms with Gasteiger partial charge in [-0.2, -0.15) is 0 Å². The molecule has 2 heterocycles. The monoisotopic (exact) mass is 402 g/mol. The van der Waals surface area contributed by atoms with E-state index >= 15 is 0 Å². The summed E-state index contributed by atoms with van der Waals surface area (Å²) < 4.78 is 0. The molecule has 0 radical (unpaired) electrons. The molecule has 3 aliphatic rings. The van der Waals surface area contributed by atoms with Crippen LogP contribution >= 0.6 is 0 Å². The molecular formula is C28H38N2. The van der Waals surface area contributed by atoms with Crippen LogP contribution in [0.4, 0.5) is 11.4 Å². The number of aliphatic imine (C=N–C) groups is 2. The molecule has 5 atom stereocenters. The van der Waals surface area contributed by atoms with Crippen LogP contribution in [0, 0.1) is 17.8 Å². The Hall–Kier alpha value is -1.96. The van der Waals surface area contributed by atoms with Gasteiger partial charge in [0.25, 0.3) is 0 Å². The first-order chi connectivity index (χ1) is 14.6. The molecule has 2 aliphatic heterocycles. The van der Waals surface area contributed by atoms with E-state index in [9.17, 15) is 0 Å². The minimum absolute atomic E-state index is 0.421. The zero-order chi connectivity index (χ0) is 21.1. The van der Waals surface area contributed by atoms with Crippen molar-refractivity contribution in [3.05, 3.63) is 47.1 Å². The Morgan fingerprint density at radius 3 is 2.53 bits per heavy atom. The Bertz CT molecular complexity index is 873. The van der Waals surface area contributed by atoms with Crippen LogP contribution in [0.2, 0.25) is 0 Å². The third kappa shape index (κ3) is 4.24. The topological polar surface area (TPSA) is 24.7 Å². The predicted molar refractivity (Wildman–Crippen MR) is 131 cm³/mol. The number of rotatable bonds is 6. The number of allylic oxidation sites excluding steroid dienone is 4. The van der Waals surface area contributed by atoms with Crippen LogP contribution in [-0.4, -0.2) is 12.4 Å². The van der Waals surface area contributed by atoms with Crippen molar-refractivity contribution in [3.63, 3.8) is 0 Å². The van der Waals surface area contributed by atoms with E-state index in [4.69, 9.17) is 9.98 Å². The highest BCUT2D eigenvalue weighted by molar-refractivity contribution is 5.84. The maximum atomic E-state index is 5.03. The van der Waals surface area contributed by atoms with Crippen molar-refractivity contribution in [3.8, 4) is 0 Å². The second-order valence-electron chi connectivity index (χ2n) is 9.73. The maximum Gasteiger partial charge on any atom is 0.0923 e. The molecule has 0 aromatic heterocycles. The lowest BCUT2D eigenvalue weighted by Gasteiger charge is -2.31. The lowest BCUT2D eigenvalue weighted by Crippen LogP contribution is -2.16. The van der Waals surface area contributed by atoms with Gasteiger partial charge < -0.3 is 0 Å². The van der Waals surface area contributed by atoms with Gasteiger partial charge in [0.15, 0.2) is 0 Å². The molecule has 160 valence electrons. The molecule has 1 aromatic carbocycles. The zero-order valence-corrected chi connectivity index (χ0v) is 19.3. The van der Waals surface area contributed by atoms with E-state index in [1.807, 2.05) is 0 Å². The highest BCUT2D eigenvalue weighted by Gasteiger charge is 2.31. The largest absolute Gasteiger partial charge is 0.259 e. The molecule has 1 aliphatic carbocycles. The van der Waals surface area contributed by atoms with Crippen molar-refractivity contribution in [2.24, 2.45) is 27.7 Å². The fourth-order valence-electron chi connectivity index (χ4n) is 5.53. The molecule has 2 heteroatoms. The standard InChI is InChI=1S/C28H38N2/c1-5-7-8-21(6-2)23-15-16-29-27-24(23)13-14-25-26(17-20(4)18-30-28(25)27)22-11-9-19(3)10-12-22/h9,11-14,16,18-21,23,26H,5-8,10,15,17H2,1-4H3/t19?,20-,21?,23?,26?/m1/s1. The number of benzene rings is 1. The van der Waals surface area contributed by atoms with Gasteiger partial charge in [-0.25, -0.2) is 0 Å².